The lowest BCUT2D eigenvalue weighted by Crippen LogP contribution is -2.36. The van der Waals surface area contributed by atoms with E-state index in [0.717, 1.165) is 0 Å². The third-order valence-electron chi connectivity index (χ3n) is 2.59. The summed E-state index contributed by atoms with van der Waals surface area (Å²) >= 11 is 0. The maximum absolute atomic E-state index is 11.1. The van der Waals surface area contributed by atoms with E-state index in [9.17, 15) is 19.8 Å². The summed E-state index contributed by atoms with van der Waals surface area (Å²) in [6.45, 7) is 1.24. The van der Waals surface area contributed by atoms with E-state index in [1.165, 1.54) is 19.1 Å². The third kappa shape index (κ3) is 2.70. The molecule has 1 aliphatic carbocycles. The predicted octanol–water partition coefficient (Wildman–Crippen LogP) is 0.943. The van der Waals surface area contributed by atoms with Gasteiger partial charge in [-0.05, 0) is 25.0 Å². The number of aliphatic carboxylic acids is 1. The lowest BCUT2D eigenvalue weighted by molar-refractivity contribution is -0.137. The highest BCUT2D eigenvalue weighted by atomic mass is 16.4. The van der Waals surface area contributed by atoms with Gasteiger partial charge in [0.25, 0.3) is 0 Å². The smallest absolute Gasteiger partial charge is 0.303 e. The molecule has 0 amide bonds. The first kappa shape index (κ1) is 12.4. The molecule has 88 valence electrons. The fourth-order valence-electron chi connectivity index (χ4n) is 1.47. The number of aliphatic hydroxyl groups excluding tert-OH is 1. The van der Waals surface area contributed by atoms with Gasteiger partial charge in [0, 0.05) is 12.8 Å². The molecule has 0 fully saturated rings. The molecule has 0 aromatic rings. The number of hydrogen-bond acceptors (Lipinski definition) is 4. The van der Waals surface area contributed by atoms with Crippen LogP contribution in [0.4, 0.5) is 0 Å². The standard InChI is InChI=1S/C11H14O5/c1-7(12)11(16)5-4-8(9(13)6-11)2-3-10(14)15/h4-5,13,16H,2-3,6H2,1H3,(H,14,15). The number of allylic oxidation sites excluding steroid dienone is 2. The second-order valence-corrected chi connectivity index (χ2v) is 3.86. The molecule has 16 heavy (non-hydrogen) atoms. The Morgan fingerprint density at radius 3 is 2.56 bits per heavy atom. The molecule has 0 heterocycles. The monoisotopic (exact) mass is 226 g/mol. The summed E-state index contributed by atoms with van der Waals surface area (Å²) in [6, 6.07) is 0. The number of carbonyl (C=O) groups is 2. The second kappa shape index (κ2) is 4.49. The quantitative estimate of drug-likeness (QED) is 0.663. The summed E-state index contributed by atoms with van der Waals surface area (Å²) in [7, 11) is 0. The van der Waals surface area contributed by atoms with Crippen molar-refractivity contribution in [3.8, 4) is 0 Å². The number of Topliss-reactive ketones (excluding diaryl/α,β-unsaturated/α-hetero) is 1. The van der Waals surface area contributed by atoms with Crippen LogP contribution in [0.3, 0.4) is 0 Å². The summed E-state index contributed by atoms with van der Waals surface area (Å²) in [6.07, 6.45) is 2.61. The molecule has 5 nitrogen and oxygen atoms in total. The van der Waals surface area contributed by atoms with Gasteiger partial charge in [-0.3, -0.25) is 9.59 Å². The first-order valence-electron chi connectivity index (χ1n) is 4.90. The Bertz CT molecular complexity index is 380. The SMILES string of the molecule is CC(=O)C1(O)C=CC(CCC(=O)O)=C(O)C1. The first-order chi connectivity index (χ1) is 7.35. The molecule has 0 spiro atoms. The van der Waals surface area contributed by atoms with E-state index in [0.29, 0.717) is 5.57 Å². The molecular weight excluding hydrogens is 212 g/mol. The lowest BCUT2D eigenvalue weighted by Gasteiger charge is -2.25. The zero-order valence-electron chi connectivity index (χ0n) is 8.93. The van der Waals surface area contributed by atoms with E-state index in [1.54, 1.807) is 0 Å². The largest absolute Gasteiger partial charge is 0.512 e. The molecular formula is C11H14O5. The molecule has 3 N–H and O–H groups in total. The highest BCUT2D eigenvalue weighted by molar-refractivity contribution is 5.87. The van der Waals surface area contributed by atoms with Crippen LogP contribution in [0.15, 0.2) is 23.5 Å². The van der Waals surface area contributed by atoms with Crippen LogP contribution in [-0.2, 0) is 9.59 Å². The molecule has 1 rings (SSSR count). The summed E-state index contributed by atoms with van der Waals surface area (Å²) in [5.74, 6) is -1.53. The van der Waals surface area contributed by atoms with Gasteiger partial charge in [0.1, 0.15) is 5.60 Å². The molecule has 1 atom stereocenters. The van der Waals surface area contributed by atoms with E-state index < -0.39 is 17.4 Å². The van der Waals surface area contributed by atoms with Crippen LogP contribution < -0.4 is 0 Å². The second-order valence-electron chi connectivity index (χ2n) is 3.86. The van der Waals surface area contributed by atoms with Gasteiger partial charge in [-0.15, -0.1) is 0 Å². The fraction of sp³-hybridized carbons (Fsp3) is 0.455. The zero-order valence-corrected chi connectivity index (χ0v) is 8.93. The average Bonchev–Trinajstić information content (AvgIpc) is 2.16. The number of hydrogen-bond donors (Lipinski definition) is 3. The Labute approximate surface area is 92.7 Å². The molecule has 0 aliphatic heterocycles. The highest BCUT2D eigenvalue weighted by Gasteiger charge is 2.34. The van der Waals surface area contributed by atoms with Crippen molar-refractivity contribution in [1.29, 1.82) is 0 Å². The van der Waals surface area contributed by atoms with Gasteiger partial charge >= 0.3 is 5.97 Å². The Balaban J connectivity index is 2.76. The number of aliphatic hydroxyl groups is 2. The molecule has 0 aromatic heterocycles. The fourth-order valence-corrected chi connectivity index (χ4v) is 1.47. The van der Waals surface area contributed by atoms with E-state index >= 15 is 0 Å². The summed E-state index contributed by atoms with van der Waals surface area (Å²) in [5.41, 5.74) is -1.20. The van der Waals surface area contributed by atoms with E-state index in [1.807, 2.05) is 0 Å². The molecule has 0 saturated carbocycles. The lowest BCUT2D eigenvalue weighted by atomic mass is 9.86. The molecule has 0 radical (unpaired) electrons. The van der Waals surface area contributed by atoms with Gasteiger partial charge in [0.15, 0.2) is 5.78 Å². The van der Waals surface area contributed by atoms with Crippen LogP contribution in [0.2, 0.25) is 0 Å². The van der Waals surface area contributed by atoms with Gasteiger partial charge in [-0.1, -0.05) is 6.08 Å². The van der Waals surface area contributed by atoms with E-state index in [4.69, 9.17) is 5.11 Å². The summed E-state index contributed by atoms with van der Waals surface area (Å²) in [4.78, 5) is 21.5. The zero-order chi connectivity index (χ0) is 12.3. The van der Waals surface area contributed by atoms with Gasteiger partial charge in [-0.25, -0.2) is 0 Å². The van der Waals surface area contributed by atoms with Crippen molar-refractivity contribution in [2.75, 3.05) is 0 Å². The Morgan fingerprint density at radius 2 is 2.12 bits per heavy atom. The molecule has 0 saturated heterocycles. The normalized spacial score (nSPS) is 24.6. The molecule has 1 unspecified atom stereocenters. The van der Waals surface area contributed by atoms with Crippen LogP contribution in [0, 0.1) is 0 Å². The Hall–Kier alpha value is -1.62. The van der Waals surface area contributed by atoms with Gasteiger partial charge < -0.3 is 15.3 Å². The van der Waals surface area contributed by atoms with Crippen molar-refractivity contribution >= 4 is 11.8 Å². The van der Waals surface area contributed by atoms with Crippen molar-refractivity contribution in [3.63, 3.8) is 0 Å². The topological polar surface area (TPSA) is 94.8 Å². The molecule has 0 bridgehead atoms. The van der Waals surface area contributed by atoms with Gasteiger partial charge in [0.2, 0.25) is 0 Å². The van der Waals surface area contributed by atoms with Crippen LogP contribution in [0.1, 0.15) is 26.2 Å². The minimum Gasteiger partial charge on any atom is -0.512 e. The van der Waals surface area contributed by atoms with Crippen LogP contribution in [0.5, 0.6) is 0 Å². The summed E-state index contributed by atoms with van der Waals surface area (Å²) < 4.78 is 0. The number of carboxylic acid groups (broad SMARTS) is 1. The molecule has 5 heteroatoms. The van der Waals surface area contributed by atoms with Crippen molar-refractivity contribution in [2.45, 2.75) is 31.8 Å². The third-order valence-corrected chi connectivity index (χ3v) is 2.59. The maximum Gasteiger partial charge on any atom is 0.303 e. The first-order valence-corrected chi connectivity index (χ1v) is 4.90. The number of rotatable bonds is 4. The van der Waals surface area contributed by atoms with Crippen molar-refractivity contribution in [1.82, 2.24) is 0 Å². The minimum atomic E-state index is -1.66. The predicted molar refractivity (Wildman–Crippen MR) is 55.9 cm³/mol. The van der Waals surface area contributed by atoms with E-state index in [2.05, 4.69) is 0 Å². The minimum absolute atomic E-state index is 0.0950. The highest BCUT2D eigenvalue weighted by Crippen LogP contribution is 2.28. The molecule has 1 aliphatic rings. The number of ketones is 1. The average molecular weight is 226 g/mol. The van der Waals surface area contributed by atoms with Crippen LogP contribution in [0.25, 0.3) is 0 Å². The van der Waals surface area contributed by atoms with Gasteiger partial charge in [0.05, 0.1) is 5.76 Å². The Morgan fingerprint density at radius 1 is 1.50 bits per heavy atom. The van der Waals surface area contributed by atoms with Gasteiger partial charge in [-0.2, -0.15) is 0 Å². The summed E-state index contributed by atoms with van der Waals surface area (Å²) in [5, 5.41) is 27.8. The number of carboxylic acids is 1. The maximum atomic E-state index is 11.1. The Kier molecular flexibility index (Phi) is 3.49. The van der Waals surface area contributed by atoms with Crippen LogP contribution >= 0.6 is 0 Å². The van der Waals surface area contributed by atoms with Crippen molar-refractivity contribution in [3.05, 3.63) is 23.5 Å². The molecule has 0 aromatic carbocycles. The van der Waals surface area contributed by atoms with E-state index in [-0.39, 0.29) is 25.0 Å². The number of carbonyl (C=O) groups excluding carboxylic acids is 1. The van der Waals surface area contributed by atoms with Crippen molar-refractivity contribution in [2.24, 2.45) is 0 Å². The van der Waals surface area contributed by atoms with Crippen LogP contribution in [-0.4, -0.2) is 32.7 Å². The van der Waals surface area contributed by atoms with Crippen molar-refractivity contribution < 1.29 is 24.9 Å².